The molecule has 0 bridgehead atoms. The van der Waals surface area contributed by atoms with E-state index in [1.165, 1.54) is 24.9 Å². The molecule has 6 nitrogen and oxygen atoms in total. The van der Waals surface area contributed by atoms with Crippen LogP contribution in [0.15, 0.2) is 24.4 Å². The van der Waals surface area contributed by atoms with Gasteiger partial charge >= 0.3 is 5.97 Å². The van der Waals surface area contributed by atoms with Gasteiger partial charge in [-0.3, -0.25) is 9.78 Å². The van der Waals surface area contributed by atoms with Crippen molar-refractivity contribution in [2.24, 2.45) is 5.92 Å². The van der Waals surface area contributed by atoms with Crippen LogP contribution in [0.3, 0.4) is 0 Å². The van der Waals surface area contributed by atoms with Gasteiger partial charge in [0.1, 0.15) is 15.9 Å². The van der Waals surface area contributed by atoms with E-state index >= 15 is 0 Å². The van der Waals surface area contributed by atoms with E-state index in [9.17, 15) is 9.59 Å². The zero-order chi connectivity index (χ0) is 19.0. The average molecular weight is 385 g/mol. The summed E-state index contributed by atoms with van der Waals surface area (Å²) in [5.74, 6) is -0.0304. The number of aryl methyl sites for hydroxylation is 1. The van der Waals surface area contributed by atoms with Gasteiger partial charge in [-0.2, -0.15) is 0 Å². The number of hydrogen-bond donors (Lipinski definition) is 0. The fourth-order valence-electron chi connectivity index (χ4n) is 4.41. The SMILES string of the molecule is COC(=O)C1CC2CCCCC2N1C(=O)c1sc(-c2ccccn2)nc1C. The fourth-order valence-corrected chi connectivity index (χ4v) is 5.40. The third kappa shape index (κ3) is 3.25. The van der Waals surface area contributed by atoms with Crippen molar-refractivity contribution in [3.63, 3.8) is 0 Å². The molecule has 27 heavy (non-hydrogen) atoms. The van der Waals surface area contributed by atoms with Crippen LogP contribution < -0.4 is 0 Å². The van der Waals surface area contributed by atoms with Crippen LogP contribution in [0.25, 0.3) is 10.7 Å². The first-order valence-electron chi connectivity index (χ1n) is 9.39. The molecular formula is C20H23N3O3S. The second-order valence-electron chi connectivity index (χ2n) is 7.25. The van der Waals surface area contributed by atoms with Crippen LogP contribution in [0.4, 0.5) is 0 Å². The maximum absolute atomic E-state index is 13.5. The first-order valence-corrected chi connectivity index (χ1v) is 10.2. The standard InChI is InChI=1S/C20H23N3O3S/c1-12-17(27-18(22-12)14-8-5-6-10-21-14)19(24)23-15-9-4-3-7-13(15)11-16(23)20(25)26-2/h5-6,8,10,13,15-16H,3-4,7,9,11H2,1-2H3. The number of rotatable bonds is 3. The topological polar surface area (TPSA) is 72.4 Å². The van der Waals surface area contributed by atoms with E-state index in [0.717, 1.165) is 30.0 Å². The highest BCUT2D eigenvalue weighted by Gasteiger charge is 2.48. The summed E-state index contributed by atoms with van der Waals surface area (Å²) in [6, 6.07) is 5.27. The van der Waals surface area contributed by atoms with Gasteiger partial charge in [0.2, 0.25) is 0 Å². The number of nitrogens with zero attached hydrogens (tertiary/aromatic N) is 3. The van der Waals surface area contributed by atoms with Crippen molar-refractivity contribution in [1.29, 1.82) is 0 Å². The molecule has 2 aliphatic rings. The number of methoxy groups -OCH3 is 1. The van der Waals surface area contributed by atoms with Gasteiger partial charge < -0.3 is 9.64 Å². The second kappa shape index (κ2) is 7.38. The molecule has 2 aromatic rings. The summed E-state index contributed by atoms with van der Waals surface area (Å²) in [5.41, 5.74) is 1.44. The molecule has 2 fully saturated rings. The molecule has 0 radical (unpaired) electrons. The number of pyridine rings is 1. The maximum Gasteiger partial charge on any atom is 0.328 e. The lowest BCUT2D eigenvalue weighted by Crippen LogP contribution is -2.46. The minimum absolute atomic E-state index is 0.100. The highest BCUT2D eigenvalue weighted by molar-refractivity contribution is 7.17. The predicted molar refractivity (Wildman–Crippen MR) is 102 cm³/mol. The largest absolute Gasteiger partial charge is 0.467 e. The quantitative estimate of drug-likeness (QED) is 0.757. The number of likely N-dealkylation sites (tertiary alicyclic amines) is 1. The van der Waals surface area contributed by atoms with E-state index in [1.54, 1.807) is 11.1 Å². The van der Waals surface area contributed by atoms with Crippen LogP contribution >= 0.6 is 11.3 Å². The fraction of sp³-hybridized carbons (Fsp3) is 0.500. The minimum Gasteiger partial charge on any atom is -0.467 e. The molecule has 1 saturated carbocycles. The number of hydrogen-bond acceptors (Lipinski definition) is 6. The predicted octanol–water partition coefficient (Wildman–Crippen LogP) is 3.46. The van der Waals surface area contributed by atoms with Crippen molar-refractivity contribution in [2.75, 3.05) is 7.11 Å². The Morgan fingerprint density at radius 2 is 2.07 bits per heavy atom. The number of amides is 1. The van der Waals surface area contributed by atoms with Gasteiger partial charge in [0.05, 0.1) is 18.5 Å². The molecule has 4 rings (SSSR count). The molecule has 0 aromatic carbocycles. The summed E-state index contributed by atoms with van der Waals surface area (Å²) in [6.45, 7) is 1.84. The Morgan fingerprint density at radius 3 is 2.81 bits per heavy atom. The molecular weight excluding hydrogens is 362 g/mol. The number of ether oxygens (including phenoxy) is 1. The van der Waals surface area contributed by atoms with Gasteiger partial charge in [0, 0.05) is 12.2 Å². The number of carbonyl (C=O) groups excluding carboxylic acids is 2. The first kappa shape index (κ1) is 18.1. The van der Waals surface area contributed by atoms with Gasteiger partial charge in [-0.25, -0.2) is 9.78 Å². The normalized spacial score (nSPS) is 24.5. The summed E-state index contributed by atoms with van der Waals surface area (Å²) in [6.07, 6.45) is 6.71. The number of thiazole rings is 1. The summed E-state index contributed by atoms with van der Waals surface area (Å²) < 4.78 is 5.01. The Labute approximate surface area is 162 Å². The van der Waals surface area contributed by atoms with Crippen LogP contribution in [0.1, 0.15) is 47.5 Å². The smallest absolute Gasteiger partial charge is 0.328 e. The van der Waals surface area contributed by atoms with Crippen molar-refractivity contribution in [1.82, 2.24) is 14.9 Å². The lowest BCUT2D eigenvalue weighted by atomic mass is 9.84. The number of aromatic nitrogens is 2. The molecule has 1 saturated heterocycles. The minimum atomic E-state index is -0.490. The molecule has 3 heterocycles. The third-order valence-corrected chi connectivity index (χ3v) is 6.84. The Hall–Kier alpha value is -2.28. The number of carbonyl (C=O) groups is 2. The van der Waals surface area contributed by atoms with Crippen molar-refractivity contribution in [2.45, 2.75) is 51.1 Å². The average Bonchev–Trinajstić information content (AvgIpc) is 3.28. The molecule has 142 valence electrons. The number of esters is 1. The van der Waals surface area contributed by atoms with Gasteiger partial charge in [-0.05, 0) is 44.2 Å². The van der Waals surface area contributed by atoms with Gasteiger partial charge in [-0.1, -0.05) is 18.9 Å². The van der Waals surface area contributed by atoms with Gasteiger partial charge in [0.25, 0.3) is 5.91 Å². The molecule has 3 atom stereocenters. The Balaban J connectivity index is 1.68. The Kier molecular flexibility index (Phi) is 4.95. The molecule has 1 aliphatic carbocycles. The molecule has 0 spiro atoms. The Morgan fingerprint density at radius 1 is 1.26 bits per heavy atom. The van der Waals surface area contributed by atoms with E-state index in [-0.39, 0.29) is 17.9 Å². The highest BCUT2D eigenvalue weighted by atomic mass is 32.1. The van der Waals surface area contributed by atoms with E-state index in [0.29, 0.717) is 22.9 Å². The van der Waals surface area contributed by atoms with Crippen molar-refractivity contribution in [3.8, 4) is 10.7 Å². The molecule has 1 amide bonds. The van der Waals surface area contributed by atoms with Crippen LogP contribution in [0.2, 0.25) is 0 Å². The monoisotopic (exact) mass is 385 g/mol. The van der Waals surface area contributed by atoms with Crippen LogP contribution in [0.5, 0.6) is 0 Å². The van der Waals surface area contributed by atoms with Crippen molar-refractivity contribution >= 4 is 23.2 Å². The molecule has 7 heteroatoms. The molecule has 0 N–H and O–H groups in total. The lowest BCUT2D eigenvalue weighted by Gasteiger charge is -2.33. The van der Waals surface area contributed by atoms with Gasteiger partial charge in [0.15, 0.2) is 0 Å². The van der Waals surface area contributed by atoms with Crippen molar-refractivity contribution in [3.05, 3.63) is 35.0 Å². The second-order valence-corrected chi connectivity index (χ2v) is 8.25. The molecule has 3 unspecified atom stereocenters. The molecule has 2 aromatic heterocycles. The van der Waals surface area contributed by atoms with Crippen LogP contribution in [0, 0.1) is 12.8 Å². The van der Waals surface area contributed by atoms with Crippen LogP contribution in [-0.2, 0) is 9.53 Å². The Bertz CT molecular complexity index is 851. The number of fused-ring (bicyclic) bond motifs is 1. The zero-order valence-corrected chi connectivity index (χ0v) is 16.4. The zero-order valence-electron chi connectivity index (χ0n) is 15.6. The summed E-state index contributed by atoms with van der Waals surface area (Å²) in [5, 5.41) is 0.727. The van der Waals surface area contributed by atoms with Gasteiger partial charge in [-0.15, -0.1) is 11.3 Å². The first-order chi connectivity index (χ1) is 13.1. The van der Waals surface area contributed by atoms with Crippen LogP contribution in [-0.4, -0.2) is 45.9 Å². The van der Waals surface area contributed by atoms with E-state index in [1.807, 2.05) is 25.1 Å². The molecule has 1 aliphatic heterocycles. The van der Waals surface area contributed by atoms with Crippen molar-refractivity contribution < 1.29 is 14.3 Å². The third-order valence-electron chi connectivity index (χ3n) is 5.67. The maximum atomic E-state index is 13.5. The lowest BCUT2D eigenvalue weighted by molar-refractivity contribution is -0.145. The highest BCUT2D eigenvalue weighted by Crippen LogP contribution is 2.41. The summed E-state index contributed by atoms with van der Waals surface area (Å²) >= 11 is 1.35. The summed E-state index contributed by atoms with van der Waals surface area (Å²) in [7, 11) is 1.39. The van der Waals surface area contributed by atoms with E-state index in [4.69, 9.17) is 4.74 Å². The van der Waals surface area contributed by atoms with E-state index in [2.05, 4.69) is 9.97 Å². The summed E-state index contributed by atoms with van der Waals surface area (Å²) in [4.78, 5) is 37.1. The van der Waals surface area contributed by atoms with E-state index < -0.39 is 6.04 Å².